The van der Waals surface area contributed by atoms with Gasteiger partial charge in [0.2, 0.25) is 0 Å². The lowest BCUT2D eigenvalue weighted by atomic mass is 10.2. The summed E-state index contributed by atoms with van der Waals surface area (Å²) in [5.41, 5.74) is 2.26. The van der Waals surface area contributed by atoms with Crippen molar-refractivity contribution in [1.29, 1.82) is 0 Å². The highest BCUT2D eigenvalue weighted by atomic mass is 16.5. The molecular weight excluding hydrogens is 240 g/mol. The summed E-state index contributed by atoms with van der Waals surface area (Å²) >= 11 is 0. The Kier molecular flexibility index (Phi) is 4.03. The van der Waals surface area contributed by atoms with Gasteiger partial charge in [0.1, 0.15) is 5.75 Å². The quantitative estimate of drug-likeness (QED) is 0.884. The van der Waals surface area contributed by atoms with Crippen LogP contribution in [0, 0.1) is 0 Å². The van der Waals surface area contributed by atoms with Crippen molar-refractivity contribution in [3.05, 3.63) is 54.1 Å². The zero-order valence-corrected chi connectivity index (χ0v) is 10.9. The van der Waals surface area contributed by atoms with Gasteiger partial charge in [0, 0.05) is 18.4 Å². The number of methoxy groups -OCH3 is 1. The molecule has 0 saturated heterocycles. The third-order valence-corrected chi connectivity index (χ3v) is 2.78. The lowest BCUT2D eigenvalue weighted by Gasteiger charge is -2.09. The lowest BCUT2D eigenvalue weighted by molar-refractivity contribution is 0.102. The number of nitrogens with one attached hydrogen (secondary N) is 2. The number of carbonyl (C=O) groups excluding carboxylic acids is 1. The van der Waals surface area contributed by atoms with E-state index in [9.17, 15) is 4.79 Å². The zero-order valence-electron chi connectivity index (χ0n) is 10.9. The highest BCUT2D eigenvalue weighted by Crippen LogP contribution is 2.19. The minimum absolute atomic E-state index is 0.186. The van der Waals surface area contributed by atoms with Gasteiger partial charge in [-0.25, -0.2) is 0 Å². The predicted octanol–water partition coefficient (Wildman–Crippen LogP) is 2.99. The number of hydrogen-bond acceptors (Lipinski definition) is 3. The van der Waals surface area contributed by atoms with Crippen LogP contribution in [0.3, 0.4) is 0 Å². The van der Waals surface area contributed by atoms with Crippen molar-refractivity contribution in [3.63, 3.8) is 0 Å². The van der Waals surface area contributed by atoms with Gasteiger partial charge in [0.25, 0.3) is 5.91 Å². The Bertz CT molecular complexity index is 565. The summed E-state index contributed by atoms with van der Waals surface area (Å²) < 4.78 is 5.17. The van der Waals surface area contributed by atoms with Gasteiger partial charge in [-0.1, -0.05) is 12.1 Å². The summed E-state index contributed by atoms with van der Waals surface area (Å²) in [6.07, 6.45) is 0. The molecule has 4 heteroatoms. The highest BCUT2D eigenvalue weighted by Gasteiger charge is 2.11. The van der Waals surface area contributed by atoms with E-state index in [4.69, 9.17) is 4.74 Å². The molecule has 0 saturated carbocycles. The van der Waals surface area contributed by atoms with E-state index >= 15 is 0 Å². The molecule has 0 spiro atoms. The van der Waals surface area contributed by atoms with Crippen molar-refractivity contribution in [2.75, 3.05) is 24.8 Å². The third-order valence-electron chi connectivity index (χ3n) is 2.78. The Morgan fingerprint density at radius 2 is 1.63 bits per heavy atom. The maximum Gasteiger partial charge on any atom is 0.259 e. The van der Waals surface area contributed by atoms with Crippen LogP contribution in [0.5, 0.6) is 5.75 Å². The van der Waals surface area contributed by atoms with E-state index < -0.39 is 0 Å². The molecule has 0 aliphatic carbocycles. The van der Waals surface area contributed by atoms with Gasteiger partial charge in [-0.2, -0.15) is 0 Å². The lowest BCUT2D eigenvalue weighted by Crippen LogP contribution is -2.13. The molecule has 19 heavy (non-hydrogen) atoms. The fraction of sp³-hybridized carbons (Fsp3) is 0.133. The second-order valence-corrected chi connectivity index (χ2v) is 3.98. The molecule has 0 aromatic heterocycles. The van der Waals surface area contributed by atoms with E-state index in [1.165, 1.54) is 0 Å². The van der Waals surface area contributed by atoms with Gasteiger partial charge in [-0.3, -0.25) is 4.79 Å². The van der Waals surface area contributed by atoms with E-state index in [-0.39, 0.29) is 5.91 Å². The van der Waals surface area contributed by atoms with Gasteiger partial charge in [-0.15, -0.1) is 0 Å². The monoisotopic (exact) mass is 256 g/mol. The Hall–Kier alpha value is -2.49. The SMILES string of the molecule is CNc1ccc(NC(=O)c2ccccc2OC)cc1. The molecule has 0 atom stereocenters. The van der Waals surface area contributed by atoms with Crippen molar-refractivity contribution in [1.82, 2.24) is 0 Å². The molecule has 0 aliphatic rings. The molecule has 1 amide bonds. The van der Waals surface area contributed by atoms with Crippen LogP contribution in [0.1, 0.15) is 10.4 Å². The van der Waals surface area contributed by atoms with Gasteiger partial charge < -0.3 is 15.4 Å². The number of para-hydroxylation sites is 1. The molecule has 2 N–H and O–H groups in total. The Labute approximate surface area is 112 Å². The molecule has 4 nitrogen and oxygen atoms in total. The standard InChI is InChI=1S/C15H16N2O2/c1-16-11-7-9-12(10-8-11)17-15(18)13-5-3-4-6-14(13)19-2/h3-10,16H,1-2H3,(H,17,18). The summed E-state index contributed by atoms with van der Waals surface area (Å²) in [6.45, 7) is 0. The largest absolute Gasteiger partial charge is 0.496 e. The first-order valence-electron chi connectivity index (χ1n) is 5.97. The normalized spacial score (nSPS) is 9.79. The number of carbonyl (C=O) groups is 1. The van der Waals surface area contributed by atoms with Crippen LogP contribution in [-0.2, 0) is 0 Å². The van der Waals surface area contributed by atoms with Crippen LogP contribution in [0.4, 0.5) is 11.4 Å². The summed E-state index contributed by atoms with van der Waals surface area (Å²) in [7, 11) is 3.40. The first kappa shape index (κ1) is 13.0. The first-order valence-corrected chi connectivity index (χ1v) is 5.97. The van der Waals surface area contributed by atoms with Crippen LogP contribution in [0.15, 0.2) is 48.5 Å². The summed E-state index contributed by atoms with van der Waals surface area (Å²) in [5, 5.41) is 5.86. The average molecular weight is 256 g/mol. The number of hydrogen-bond donors (Lipinski definition) is 2. The van der Waals surface area contributed by atoms with Crippen LogP contribution in [0.25, 0.3) is 0 Å². The Morgan fingerprint density at radius 1 is 1.00 bits per heavy atom. The molecule has 0 bridgehead atoms. The molecule has 2 rings (SSSR count). The maximum atomic E-state index is 12.1. The molecule has 98 valence electrons. The number of benzene rings is 2. The van der Waals surface area contributed by atoms with E-state index in [0.717, 1.165) is 11.4 Å². The number of ether oxygens (including phenoxy) is 1. The molecule has 2 aromatic carbocycles. The highest BCUT2D eigenvalue weighted by molar-refractivity contribution is 6.06. The predicted molar refractivity (Wildman–Crippen MR) is 76.9 cm³/mol. The molecule has 2 aromatic rings. The summed E-state index contributed by atoms with van der Waals surface area (Å²) in [4.78, 5) is 12.1. The molecule has 0 unspecified atom stereocenters. The topological polar surface area (TPSA) is 50.4 Å². The Balaban J connectivity index is 2.16. The Morgan fingerprint density at radius 3 is 2.26 bits per heavy atom. The van der Waals surface area contributed by atoms with Gasteiger partial charge >= 0.3 is 0 Å². The van der Waals surface area contributed by atoms with Crippen LogP contribution in [-0.4, -0.2) is 20.1 Å². The van der Waals surface area contributed by atoms with Crippen LogP contribution < -0.4 is 15.4 Å². The van der Waals surface area contributed by atoms with Crippen molar-refractivity contribution >= 4 is 17.3 Å². The van der Waals surface area contributed by atoms with E-state index in [0.29, 0.717) is 11.3 Å². The van der Waals surface area contributed by atoms with Crippen molar-refractivity contribution in [2.24, 2.45) is 0 Å². The van der Waals surface area contributed by atoms with Crippen molar-refractivity contribution in [3.8, 4) is 5.75 Å². The minimum atomic E-state index is -0.186. The van der Waals surface area contributed by atoms with Gasteiger partial charge in [0.15, 0.2) is 0 Å². The van der Waals surface area contributed by atoms with Crippen LogP contribution >= 0.6 is 0 Å². The van der Waals surface area contributed by atoms with Crippen LogP contribution in [0.2, 0.25) is 0 Å². The number of rotatable bonds is 4. The van der Waals surface area contributed by atoms with E-state index in [1.54, 1.807) is 19.2 Å². The zero-order chi connectivity index (χ0) is 13.7. The number of anilines is 2. The molecule has 0 heterocycles. The van der Waals surface area contributed by atoms with Crippen molar-refractivity contribution in [2.45, 2.75) is 0 Å². The molecule has 0 radical (unpaired) electrons. The summed E-state index contributed by atoms with van der Waals surface area (Å²) in [5.74, 6) is 0.376. The summed E-state index contributed by atoms with van der Waals surface area (Å²) in [6, 6.07) is 14.6. The van der Waals surface area contributed by atoms with E-state index in [1.807, 2.05) is 43.4 Å². The van der Waals surface area contributed by atoms with Crippen molar-refractivity contribution < 1.29 is 9.53 Å². The molecular formula is C15H16N2O2. The third kappa shape index (κ3) is 3.04. The molecule has 0 fully saturated rings. The fourth-order valence-corrected chi connectivity index (χ4v) is 1.75. The second kappa shape index (κ2) is 5.91. The van der Waals surface area contributed by atoms with Gasteiger partial charge in [0.05, 0.1) is 12.7 Å². The van der Waals surface area contributed by atoms with E-state index in [2.05, 4.69) is 10.6 Å². The maximum absolute atomic E-state index is 12.1. The van der Waals surface area contributed by atoms with Gasteiger partial charge in [-0.05, 0) is 36.4 Å². The number of amides is 1. The average Bonchev–Trinajstić information content (AvgIpc) is 2.48. The smallest absolute Gasteiger partial charge is 0.259 e. The minimum Gasteiger partial charge on any atom is -0.496 e. The fourth-order valence-electron chi connectivity index (χ4n) is 1.75. The first-order chi connectivity index (χ1) is 9.24. The second-order valence-electron chi connectivity index (χ2n) is 3.98. The molecule has 0 aliphatic heterocycles.